The summed E-state index contributed by atoms with van der Waals surface area (Å²) in [5.41, 5.74) is 8.30. The summed E-state index contributed by atoms with van der Waals surface area (Å²) >= 11 is 0. The molecule has 4 nitrogen and oxygen atoms in total. The minimum absolute atomic E-state index is 0.779. The van der Waals surface area contributed by atoms with Gasteiger partial charge in [0.05, 0.1) is 5.36 Å². The Morgan fingerprint density at radius 2 is 2.00 bits per heavy atom. The maximum Gasteiger partial charge on any atom is 0.158 e. The lowest BCUT2D eigenvalue weighted by Crippen LogP contribution is -2.34. The molecule has 0 saturated carbocycles. The van der Waals surface area contributed by atoms with Crippen LogP contribution in [0.3, 0.4) is 0 Å². The zero-order chi connectivity index (χ0) is 17.0. The lowest BCUT2D eigenvalue weighted by molar-refractivity contribution is 0.589. The van der Waals surface area contributed by atoms with E-state index in [1.54, 1.807) is 0 Å². The number of benzene rings is 2. The van der Waals surface area contributed by atoms with Crippen LogP contribution in [0, 0.1) is 6.92 Å². The van der Waals surface area contributed by atoms with E-state index >= 15 is 0 Å². The molecule has 1 aromatic rings. The van der Waals surface area contributed by atoms with Gasteiger partial charge in [0.25, 0.3) is 0 Å². The van der Waals surface area contributed by atoms with Gasteiger partial charge >= 0.3 is 0 Å². The first kappa shape index (κ1) is 14.9. The highest BCUT2D eigenvalue weighted by molar-refractivity contribution is 5.87. The zero-order valence-electron chi connectivity index (χ0n) is 14.9. The summed E-state index contributed by atoms with van der Waals surface area (Å²) in [5, 5.41) is 1.01. The number of nitrogens with zero attached hydrogens (tertiary/aromatic N) is 3. The quantitative estimate of drug-likeness (QED) is 0.635. The summed E-state index contributed by atoms with van der Waals surface area (Å²) in [4.78, 5) is 12.1. The number of aryl methyl sites for hydroxylation is 3. The van der Waals surface area contributed by atoms with Crippen LogP contribution in [0.4, 0.5) is 5.69 Å². The van der Waals surface area contributed by atoms with Crippen LogP contribution in [0.2, 0.25) is 0 Å². The van der Waals surface area contributed by atoms with Crippen LogP contribution in [0.5, 0.6) is 0 Å². The Morgan fingerprint density at radius 3 is 2.84 bits per heavy atom. The van der Waals surface area contributed by atoms with Crippen molar-refractivity contribution in [1.29, 1.82) is 0 Å². The molecule has 128 valence electrons. The molecule has 0 radical (unpaired) electrons. The summed E-state index contributed by atoms with van der Waals surface area (Å²) in [7, 11) is 0. The van der Waals surface area contributed by atoms with E-state index in [1.807, 2.05) is 6.07 Å². The maximum atomic E-state index is 6.41. The van der Waals surface area contributed by atoms with Crippen LogP contribution in [-0.2, 0) is 12.8 Å². The highest BCUT2D eigenvalue weighted by atomic mass is 16.3. The number of aromatic nitrogens is 1. The van der Waals surface area contributed by atoms with Gasteiger partial charge in [-0.05, 0) is 62.8 Å². The Kier molecular flexibility index (Phi) is 3.34. The Balaban J connectivity index is 1.84. The molecule has 3 aliphatic heterocycles. The molecular weight excluding hydrogens is 310 g/mol. The lowest BCUT2D eigenvalue weighted by atomic mass is 9.91. The average molecular weight is 333 g/mol. The SMILES string of the molecule is CC/N=c1/cc2oc3c4c5c(cc3nc-2cc1C)CCCN5CCC4. The largest absolute Gasteiger partial charge is 0.452 e. The molecule has 0 fully saturated rings. The Labute approximate surface area is 147 Å². The molecule has 0 aromatic heterocycles. The fraction of sp³-hybridized carbons (Fsp3) is 0.429. The molecule has 0 amide bonds. The second-order valence-electron chi connectivity index (χ2n) is 7.20. The van der Waals surface area contributed by atoms with Crippen LogP contribution >= 0.6 is 0 Å². The minimum atomic E-state index is 0.779. The van der Waals surface area contributed by atoms with Gasteiger partial charge < -0.3 is 9.32 Å². The van der Waals surface area contributed by atoms with Gasteiger partial charge in [-0.3, -0.25) is 4.99 Å². The monoisotopic (exact) mass is 333 g/mol. The van der Waals surface area contributed by atoms with Gasteiger partial charge in [0.15, 0.2) is 11.3 Å². The molecule has 4 heteroatoms. The van der Waals surface area contributed by atoms with E-state index in [-0.39, 0.29) is 0 Å². The smallest absolute Gasteiger partial charge is 0.158 e. The molecule has 0 atom stereocenters. The third kappa shape index (κ3) is 2.27. The average Bonchev–Trinajstić information content (AvgIpc) is 2.62. The molecule has 4 aliphatic rings. The van der Waals surface area contributed by atoms with Crippen molar-refractivity contribution in [2.24, 2.45) is 4.99 Å². The number of hydrogen-bond donors (Lipinski definition) is 0. The summed E-state index contributed by atoms with van der Waals surface area (Å²) in [6.07, 6.45) is 4.68. The van der Waals surface area contributed by atoms with Gasteiger partial charge in [0.2, 0.25) is 0 Å². The normalized spacial score (nSPS) is 17.4. The van der Waals surface area contributed by atoms with E-state index in [0.29, 0.717) is 0 Å². The van der Waals surface area contributed by atoms with Crippen molar-refractivity contribution in [3.8, 4) is 11.5 Å². The molecule has 0 bridgehead atoms. The predicted molar refractivity (Wildman–Crippen MR) is 100 cm³/mol. The molecule has 0 N–H and O–H groups in total. The van der Waals surface area contributed by atoms with Crippen molar-refractivity contribution in [2.75, 3.05) is 24.5 Å². The number of fused-ring (bicyclic) bond motifs is 3. The topological polar surface area (TPSA) is 41.6 Å². The third-order valence-corrected chi connectivity index (χ3v) is 5.51. The van der Waals surface area contributed by atoms with Crippen molar-refractivity contribution in [2.45, 2.75) is 39.5 Å². The van der Waals surface area contributed by atoms with Gasteiger partial charge in [0, 0.05) is 37.0 Å². The van der Waals surface area contributed by atoms with Crippen molar-refractivity contribution in [3.63, 3.8) is 0 Å². The lowest BCUT2D eigenvalue weighted by Gasteiger charge is -2.37. The van der Waals surface area contributed by atoms with E-state index in [9.17, 15) is 0 Å². The summed E-state index contributed by atoms with van der Waals surface area (Å²) < 4.78 is 6.41. The van der Waals surface area contributed by atoms with Crippen LogP contribution in [0.25, 0.3) is 22.6 Å². The van der Waals surface area contributed by atoms with E-state index in [2.05, 4.69) is 35.9 Å². The highest BCUT2D eigenvalue weighted by Crippen LogP contribution is 2.40. The number of rotatable bonds is 1. The molecule has 1 aliphatic carbocycles. The van der Waals surface area contributed by atoms with Crippen molar-refractivity contribution in [1.82, 2.24) is 4.98 Å². The first-order valence-corrected chi connectivity index (χ1v) is 9.40. The predicted octanol–water partition coefficient (Wildman–Crippen LogP) is 3.86. The molecule has 1 aromatic carbocycles. The van der Waals surface area contributed by atoms with Crippen LogP contribution in [0.1, 0.15) is 36.5 Å². The van der Waals surface area contributed by atoms with Gasteiger partial charge in [-0.1, -0.05) is 0 Å². The van der Waals surface area contributed by atoms with Crippen molar-refractivity contribution < 1.29 is 4.42 Å². The summed E-state index contributed by atoms with van der Waals surface area (Å²) in [5.74, 6) is 0.842. The standard InChI is InChI=1S/C21H23N3O/c1-3-22-16-12-19-17(10-13(16)2)23-18-11-14-6-4-8-24-9-5-7-15(20(14)24)21(18)25-19/h10-12H,3-9H2,1-2H3/b22-16-. The zero-order valence-corrected chi connectivity index (χ0v) is 14.9. The van der Waals surface area contributed by atoms with Gasteiger partial charge in [-0.2, -0.15) is 0 Å². The summed E-state index contributed by atoms with van der Waals surface area (Å²) in [6, 6.07) is 6.41. The number of anilines is 1. The molecule has 3 heterocycles. The maximum absolute atomic E-state index is 6.41. The Bertz CT molecular complexity index is 1020. The summed E-state index contributed by atoms with van der Waals surface area (Å²) in [6.45, 7) is 7.27. The van der Waals surface area contributed by atoms with E-state index in [0.717, 1.165) is 52.9 Å². The van der Waals surface area contributed by atoms with Gasteiger partial charge in [-0.15, -0.1) is 0 Å². The molecule has 0 spiro atoms. The molecular formula is C21H23N3O. The minimum Gasteiger partial charge on any atom is -0.452 e. The second-order valence-corrected chi connectivity index (χ2v) is 7.20. The molecule has 5 rings (SSSR count). The number of hydrogen-bond acceptors (Lipinski definition) is 4. The van der Waals surface area contributed by atoms with Gasteiger partial charge in [0.1, 0.15) is 11.2 Å². The molecule has 0 unspecified atom stereocenters. The molecule has 0 saturated heterocycles. The Hall–Kier alpha value is -2.36. The van der Waals surface area contributed by atoms with E-state index < -0.39 is 0 Å². The highest BCUT2D eigenvalue weighted by Gasteiger charge is 2.27. The fourth-order valence-corrected chi connectivity index (χ4v) is 4.42. The van der Waals surface area contributed by atoms with E-state index in [1.165, 1.54) is 42.7 Å². The first-order valence-electron chi connectivity index (χ1n) is 9.40. The third-order valence-electron chi connectivity index (χ3n) is 5.51. The van der Waals surface area contributed by atoms with Crippen LogP contribution in [0.15, 0.2) is 27.6 Å². The van der Waals surface area contributed by atoms with Crippen molar-refractivity contribution >= 4 is 16.8 Å². The second kappa shape index (κ2) is 5.58. The van der Waals surface area contributed by atoms with Crippen LogP contribution < -0.4 is 10.3 Å². The fourth-order valence-electron chi connectivity index (χ4n) is 4.42. The Morgan fingerprint density at radius 1 is 1.16 bits per heavy atom. The first-order chi connectivity index (χ1) is 12.2. The van der Waals surface area contributed by atoms with Gasteiger partial charge in [-0.25, -0.2) is 4.98 Å². The van der Waals surface area contributed by atoms with E-state index in [4.69, 9.17) is 9.40 Å². The molecule has 25 heavy (non-hydrogen) atoms. The van der Waals surface area contributed by atoms with Crippen molar-refractivity contribution in [3.05, 3.63) is 40.2 Å². The van der Waals surface area contributed by atoms with Crippen LogP contribution in [-0.4, -0.2) is 24.6 Å².